The number of aliphatic hydroxyl groups excluding tert-OH is 16. The molecule has 5 aliphatic heterocycles. The van der Waals surface area contributed by atoms with E-state index in [1.54, 1.807) is 0 Å². The van der Waals surface area contributed by atoms with Crippen molar-refractivity contribution in [2.75, 3.05) is 33.0 Å². The van der Waals surface area contributed by atoms with Crippen molar-refractivity contribution < 1.29 is 144 Å². The SMILES string of the molecule is CC(=O)N[C@H]1[C@H](O[C@@H]2[C@H](O[C@]3(C(=O)[O-])C[C@H](O)[C@@H](NC(C)=O)[C@H]([C@H](O)[C@H](O)CO)O3)[C@@H](O)[C@H](O[C@H]3[C@H](O)[C@@H](O)C(O)O[C@@H]3CO)O[C@@H]2CO)O[C@H](CO)[C@H](O)[C@@H]1O[C@@H]1O[C@H](CO)[C@H](O)[C@H](O)[C@H]1O. The van der Waals surface area contributed by atoms with Gasteiger partial charge in [-0.2, -0.15) is 0 Å². The van der Waals surface area contributed by atoms with Gasteiger partial charge < -0.3 is 145 Å². The molecule has 5 saturated heterocycles. The van der Waals surface area contributed by atoms with Crippen LogP contribution < -0.4 is 15.7 Å². The van der Waals surface area contributed by atoms with Crippen molar-refractivity contribution in [3.05, 3.63) is 0 Å². The molecule has 0 spiro atoms. The maximum atomic E-state index is 13.3. The third-order valence-corrected chi connectivity index (χ3v) is 12.1. The average molecular weight is 998 g/mol. The van der Waals surface area contributed by atoms with E-state index in [1.165, 1.54) is 0 Å². The highest BCUT2D eigenvalue weighted by Crippen LogP contribution is 2.40. The molecule has 5 fully saturated rings. The Morgan fingerprint density at radius 3 is 1.65 bits per heavy atom. The zero-order valence-electron chi connectivity index (χ0n) is 36.1. The Balaban J connectivity index is 1.61. The van der Waals surface area contributed by atoms with E-state index in [0.29, 0.717) is 0 Å². The van der Waals surface area contributed by atoms with Gasteiger partial charge >= 0.3 is 0 Å². The Hall–Kier alpha value is -2.59. The molecule has 68 heavy (non-hydrogen) atoms. The van der Waals surface area contributed by atoms with Crippen LogP contribution in [0, 0.1) is 0 Å². The number of amides is 2. The summed E-state index contributed by atoms with van der Waals surface area (Å²) in [5.41, 5.74) is 0. The Bertz CT molecular complexity index is 1650. The minimum atomic E-state index is -3.44. The van der Waals surface area contributed by atoms with Gasteiger partial charge in [0.2, 0.25) is 17.6 Å². The largest absolute Gasteiger partial charge is 0.544 e. The van der Waals surface area contributed by atoms with Gasteiger partial charge in [-0.3, -0.25) is 9.59 Å². The first kappa shape index (κ1) is 56.3. The molecule has 0 aromatic heterocycles. The van der Waals surface area contributed by atoms with E-state index in [2.05, 4.69) is 10.6 Å². The molecule has 18 N–H and O–H groups in total. The lowest BCUT2D eigenvalue weighted by Gasteiger charge is -2.54. The maximum Gasteiger partial charge on any atom is 0.217 e. The lowest BCUT2D eigenvalue weighted by atomic mass is 9.88. The number of aliphatic hydroxyl groups is 16. The first-order valence-corrected chi connectivity index (χ1v) is 21.2. The van der Waals surface area contributed by atoms with E-state index >= 15 is 0 Å². The molecule has 0 saturated carbocycles. The lowest BCUT2D eigenvalue weighted by Crippen LogP contribution is -2.73. The molecule has 1 unspecified atom stereocenters. The number of ether oxygens (including phenoxy) is 9. The van der Waals surface area contributed by atoms with Gasteiger partial charge in [0.05, 0.1) is 45.2 Å². The monoisotopic (exact) mass is 997 g/mol. The maximum absolute atomic E-state index is 13.3. The van der Waals surface area contributed by atoms with Crippen LogP contribution in [0.5, 0.6) is 0 Å². The third kappa shape index (κ3) is 11.8. The fraction of sp³-hybridized carbons (Fsp3) is 0.919. The molecule has 5 rings (SSSR count). The normalized spacial score (nSPS) is 46.6. The number of carbonyl (C=O) groups excluding carboxylic acids is 3. The number of carboxylic acid groups (broad SMARTS) is 1. The molecule has 0 radical (unpaired) electrons. The second-order valence-corrected chi connectivity index (χ2v) is 16.8. The van der Waals surface area contributed by atoms with E-state index in [0.717, 1.165) is 13.8 Å². The van der Waals surface area contributed by atoms with Crippen molar-refractivity contribution in [3.8, 4) is 0 Å². The third-order valence-electron chi connectivity index (χ3n) is 12.1. The van der Waals surface area contributed by atoms with Crippen LogP contribution in [0.2, 0.25) is 0 Å². The van der Waals surface area contributed by atoms with Crippen molar-refractivity contribution in [3.63, 3.8) is 0 Å². The second kappa shape index (κ2) is 23.8. The summed E-state index contributed by atoms with van der Waals surface area (Å²) in [5.74, 6) is -7.62. The summed E-state index contributed by atoms with van der Waals surface area (Å²) in [5, 5.41) is 187. The highest BCUT2D eigenvalue weighted by atomic mass is 16.8. The zero-order valence-corrected chi connectivity index (χ0v) is 36.1. The van der Waals surface area contributed by atoms with Crippen LogP contribution in [0.15, 0.2) is 0 Å². The van der Waals surface area contributed by atoms with Crippen molar-refractivity contribution in [2.24, 2.45) is 0 Å². The summed E-state index contributed by atoms with van der Waals surface area (Å²) in [6.07, 6.45) is -49.0. The molecule has 31 nitrogen and oxygen atoms in total. The Morgan fingerprint density at radius 1 is 0.588 bits per heavy atom. The molecule has 5 aliphatic rings. The van der Waals surface area contributed by atoms with Crippen LogP contribution in [-0.4, -0.2) is 292 Å². The molecular formula is C37H61N2O29-. The molecule has 0 aromatic rings. The van der Waals surface area contributed by atoms with Gasteiger partial charge in [0, 0.05) is 20.3 Å². The fourth-order valence-electron chi connectivity index (χ4n) is 8.53. The van der Waals surface area contributed by atoms with E-state index in [-0.39, 0.29) is 0 Å². The second-order valence-electron chi connectivity index (χ2n) is 16.8. The molecule has 26 atom stereocenters. The average Bonchev–Trinajstić information content (AvgIpc) is 3.29. The number of carbonyl (C=O) groups is 3. The highest BCUT2D eigenvalue weighted by Gasteiger charge is 2.60. The summed E-state index contributed by atoms with van der Waals surface area (Å²) >= 11 is 0. The summed E-state index contributed by atoms with van der Waals surface area (Å²) in [4.78, 5) is 38.2. The van der Waals surface area contributed by atoms with Gasteiger partial charge in [0.1, 0.15) is 122 Å². The number of hydrogen-bond acceptors (Lipinski definition) is 29. The van der Waals surface area contributed by atoms with Crippen molar-refractivity contribution in [1.29, 1.82) is 0 Å². The van der Waals surface area contributed by atoms with E-state index in [1.807, 2.05) is 0 Å². The molecule has 2 amide bonds. The molecule has 394 valence electrons. The van der Waals surface area contributed by atoms with Gasteiger partial charge in [-0.1, -0.05) is 0 Å². The molecule has 0 aromatic carbocycles. The standard InChI is InChI=1S/C37H62N2O29/c1-9(45)38-17-11(47)3-37(36(58)59,67-30(17)19(49)12(48)4-40)68-31-26(56)35(64-27-15(7-43)60-32(57)24(54)23(27)53)63-16(8-44)28(31)65-33-18(39-10(2)46)29(21(51)14(6-42)61-33)66-34-25(55)22(52)20(50)13(5-41)62-34/h11-35,40-44,47-57H,3-8H2,1-2H3,(H,38,45)(H,39,46)(H,58,59)/p-1/t11-,12+,13+,14+,15+,16+,17+,18+,19+,20-,21-,22-,23+,24+,25+,26+,27+,28-,29+,30+,31+,32?,33-,34-,35-,37-/m0/s1. The number of carboxylic acids is 1. The van der Waals surface area contributed by atoms with Crippen LogP contribution in [0.3, 0.4) is 0 Å². The van der Waals surface area contributed by atoms with Crippen LogP contribution in [0.4, 0.5) is 0 Å². The zero-order chi connectivity index (χ0) is 50.7. The van der Waals surface area contributed by atoms with Gasteiger partial charge in [-0.05, 0) is 0 Å². The van der Waals surface area contributed by atoms with Gasteiger partial charge in [0.25, 0.3) is 0 Å². The Kier molecular flexibility index (Phi) is 19.7. The predicted molar refractivity (Wildman–Crippen MR) is 204 cm³/mol. The summed E-state index contributed by atoms with van der Waals surface area (Å²) < 4.78 is 51.4. The number of nitrogens with one attached hydrogen (secondary N) is 2. The summed E-state index contributed by atoms with van der Waals surface area (Å²) in [6, 6.07) is -3.63. The number of rotatable bonds is 18. The van der Waals surface area contributed by atoms with Crippen LogP contribution >= 0.6 is 0 Å². The number of hydrogen-bond donors (Lipinski definition) is 18. The van der Waals surface area contributed by atoms with Crippen molar-refractivity contribution in [2.45, 2.75) is 179 Å². The first-order valence-electron chi connectivity index (χ1n) is 21.2. The highest BCUT2D eigenvalue weighted by molar-refractivity contribution is 5.75. The van der Waals surface area contributed by atoms with Crippen LogP contribution in [-0.2, 0) is 57.0 Å². The smallest absolute Gasteiger partial charge is 0.217 e. The summed E-state index contributed by atoms with van der Waals surface area (Å²) in [7, 11) is 0. The van der Waals surface area contributed by atoms with E-state index in [4.69, 9.17) is 42.6 Å². The topological polar surface area (TPSA) is 505 Å². The minimum Gasteiger partial charge on any atom is -0.544 e. The van der Waals surface area contributed by atoms with Crippen LogP contribution in [0.1, 0.15) is 20.3 Å². The van der Waals surface area contributed by atoms with Crippen molar-refractivity contribution >= 4 is 17.8 Å². The lowest BCUT2D eigenvalue weighted by molar-refractivity contribution is -0.420. The van der Waals surface area contributed by atoms with Crippen LogP contribution in [0.25, 0.3) is 0 Å². The van der Waals surface area contributed by atoms with Crippen molar-refractivity contribution in [1.82, 2.24) is 10.6 Å². The minimum absolute atomic E-state index is 0.872. The molecular weight excluding hydrogens is 936 g/mol. The summed E-state index contributed by atoms with van der Waals surface area (Å²) in [6.45, 7) is -3.55. The molecule has 0 bridgehead atoms. The molecule has 31 heteroatoms. The number of aliphatic carboxylic acids is 1. The molecule has 5 heterocycles. The van der Waals surface area contributed by atoms with Gasteiger partial charge in [-0.25, -0.2) is 0 Å². The van der Waals surface area contributed by atoms with Gasteiger partial charge in [0.15, 0.2) is 25.2 Å². The van der Waals surface area contributed by atoms with E-state index in [9.17, 15) is 101 Å². The van der Waals surface area contributed by atoms with E-state index < -0.39 is 216 Å². The predicted octanol–water partition coefficient (Wildman–Crippen LogP) is -13.8. The quantitative estimate of drug-likeness (QED) is 0.0606. The Labute approximate surface area is 384 Å². The fourth-order valence-corrected chi connectivity index (χ4v) is 8.53. The molecule has 0 aliphatic carbocycles. The van der Waals surface area contributed by atoms with Gasteiger partial charge in [-0.15, -0.1) is 0 Å². The first-order chi connectivity index (χ1) is 32.0. The Morgan fingerprint density at radius 2 is 1.09 bits per heavy atom.